The van der Waals surface area contributed by atoms with Crippen molar-refractivity contribution in [1.82, 2.24) is 10.6 Å². The Morgan fingerprint density at radius 3 is 1.90 bits per heavy atom. The molecule has 0 spiro atoms. The van der Waals surface area contributed by atoms with Gasteiger partial charge in [-0.3, -0.25) is 9.59 Å². The molecule has 6 nitrogen and oxygen atoms in total. The molecule has 0 aliphatic heterocycles. The molecule has 0 radical (unpaired) electrons. The number of hydrogen-bond acceptors (Lipinski definition) is 3. The molecule has 2 aromatic carbocycles. The van der Waals surface area contributed by atoms with Gasteiger partial charge in [0, 0.05) is 28.9 Å². The minimum absolute atomic E-state index is 0.116. The average molecular weight is 494 g/mol. The minimum atomic E-state index is -1.89. The Kier molecular flexibility index (Phi) is 8.36. The second-order valence-electron chi connectivity index (χ2n) is 5.81. The van der Waals surface area contributed by atoms with Gasteiger partial charge in [-0.15, -0.1) is 0 Å². The van der Waals surface area contributed by atoms with Crippen molar-refractivity contribution in [2.75, 3.05) is 10.6 Å². The van der Waals surface area contributed by atoms with Gasteiger partial charge in [-0.2, -0.15) is 0 Å². The van der Waals surface area contributed by atoms with Crippen LogP contribution in [0.5, 0.6) is 0 Å². The molecule has 2 aromatic rings. The number of hydrogen-bond donors (Lipinski definition) is 4. The van der Waals surface area contributed by atoms with E-state index >= 15 is 0 Å². The normalized spacial score (nSPS) is 11.9. The molecule has 0 aliphatic carbocycles. The van der Waals surface area contributed by atoms with E-state index in [1.807, 2.05) is 0 Å². The van der Waals surface area contributed by atoms with E-state index in [1.54, 1.807) is 48.5 Å². The van der Waals surface area contributed by atoms with E-state index in [2.05, 4.69) is 21.3 Å². The Morgan fingerprint density at radius 2 is 1.41 bits per heavy atom. The molecule has 11 heteroatoms. The summed E-state index contributed by atoms with van der Waals surface area (Å²) in [5, 5.41) is 11.5. The van der Waals surface area contributed by atoms with Crippen molar-refractivity contribution in [3.05, 3.63) is 59.1 Å². The van der Waals surface area contributed by atoms with E-state index in [9.17, 15) is 9.59 Å². The summed E-state index contributed by atoms with van der Waals surface area (Å²) in [5.74, 6) is -0.655. The van der Waals surface area contributed by atoms with Gasteiger partial charge in [-0.05, 0) is 60.7 Å². The fourth-order valence-electron chi connectivity index (χ4n) is 2.15. The van der Waals surface area contributed by atoms with Gasteiger partial charge >= 0.3 is 0 Å². The smallest absolute Gasteiger partial charge is 0.252 e. The molecule has 29 heavy (non-hydrogen) atoms. The number of thiocarbonyl (C=S) groups is 1. The summed E-state index contributed by atoms with van der Waals surface area (Å²) < 4.78 is -1.89. The van der Waals surface area contributed by atoms with Gasteiger partial charge in [0.1, 0.15) is 6.17 Å². The highest BCUT2D eigenvalue weighted by atomic mass is 35.6. The largest absolute Gasteiger partial charge is 0.339 e. The predicted molar refractivity (Wildman–Crippen MR) is 123 cm³/mol. The highest BCUT2D eigenvalue weighted by Gasteiger charge is 2.34. The molecule has 0 saturated carbocycles. The lowest BCUT2D eigenvalue weighted by Gasteiger charge is -2.27. The molecule has 0 bridgehead atoms. The standard InChI is InChI=1S/C18H16Cl4N4O2S/c1-10(27)23-13-6-8-14(9-7-13)24-17(29)26-16(18(20,21)22)25-15(28)11-2-4-12(19)5-3-11/h2-9,16H,1H3,(H,23,27)(H,25,28)(H2,24,26,29). The molecule has 0 aromatic heterocycles. The summed E-state index contributed by atoms with van der Waals surface area (Å²) in [6.07, 6.45) is -1.12. The zero-order chi connectivity index (χ0) is 21.6. The Balaban J connectivity index is 2.02. The third-order valence-corrected chi connectivity index (χ3v) is 4.57. The van der Waals surface area contributed by atoms with Crippen LogP contribution in [0, 0.1) is 0 Å². The maximum absolute atomic E-state index is 12.4. The molecule has 2 rings (SSSR count). The lowest BCUT2D eigenvalue weighted by molar-refractivity contribution is -0.114. The first-order valence-corrected chi connectivity index (χ1v) is 10.0. The first kappa shape index (κ1) is 23.5. The molecular weight excluding hydrogens is 478 g/mol. The van der Waals surface area contributed by atoms with Crippen LogP contribution in [-0.2, 0) is 4.79 Å². The summed E-state index contributed by atoms with van der Waals surface area (Å²) in [4.78, 5) is 23.5. The quantitative estimate of drug-likeness (QED) is 0.275. The third kappa shape index (κ3) is 7.87. The van der Waals surface area contributed by atoms with E-state index in [0.717, 1.165) is 0 Å². The molecular formula is C18H16Cl4N4O2S. The number of carbonyl (C=O) groups is 2. The number of halogens is 4. The number of nitrogens with one attached hydrogen (secondary N) is 4. The van der Waals surface area contributed by atoms with Crippen LogP contribution in [0.1, 0.15) is 17.3 Å². The van der Waals surface area contributed by atoms with Gasteiger partial charge in [0.15, 0.2) is 5.11 Å². The SMILES string of the molecule is CC(=O)Nc1ccc(NC(=S)NC(NC(=O)c2ccc(Cl)cc2)C(Cl)(Cl)Cl)cc1. The maximum Gasteiger partial charge on any atom is 0.252 e. The second kappa shape index (κ2) is 10.3. The highest BCUT2D eigenvalue weighted by Crippen LogP contribution is 2.29. The van der Waals surface area contributed by atoms with Crippen LogP contribution in [-0.4, -0.2) is 26.9 Å². The van der Waals surface area contributed by atoms with Gasteiger partial charge in [0.25, 0.3) is 5.91 Å². The summed E-state index contributed by atoms with van der Waals surface area (Å²) in [6.45, 7) is 1.42. The summed E-state index contributed by atoms with van der Waals surface area (Å²) in [7, 11) is 0. The minimum Gasteiger partial charge on any atom is -0.339 e. The van der Waals surface area contributed by atoms with Gasteiger partial charge in [-0.25, -0.2) is 0 Å². The molecule has 4 N–H and O–H groups in total. The Hall–Kier alpha value is -1.77. The van der Waals surface area contributed by atoms with Crippen LogP contribution in [0.25, 0.3) is 0 Å². The van der Waals surface area contributed by atoms with Gasteiger partial charge in [-0.1, -0.05) is 46.4 Å². The fraction of sp³-hybridized carbons (Fsp3) is 0.167. The first-order chi connectivity index (χ1) is 13.5. The van der Waals surface area contributed by atoms with Crippen molar-refractivity contribution < 1.29 is 9.59 Å². The molecule has 0 heterocycles. The van der Waals surface area contributed by atoms with Crippen molar-refractivity contribution in [2.24, 2.45) is 0 Å². The Bertz CT molecular complexity index is 886. The van der Waals surface area contributed by atoms with E-state index in [0.29, 0.717) is 22.0 Å². The summed E-state index contributed by atoms with van der Waals surface area (Å²) >= 11 is 29.0. The zero-order valence-electron chi connectivity index (χ0n) is 14.9. The van der Waals surface area contributed by atoms with Crippen molar-refractivity contribution in [1.29, 1.82) is 0 Å². The third-order valence-electron chi connectivity index (χ3n) is 3.45. The van der Waals surface area contributed by atoms with Crippen LogP contribution in [0.2, 0.25) is 5.02 Å². The maximum atomic E-state index is 12.4. The Labute approximate surface area is 193 Å². The predicted octanol–water partition coefficient (Wildman–Crippen LogP) is 4.71. The van der Waals surface area contributed by atoms with Gasteiger partial charge < -0.3 is 21.3 Å². The molecule has 154 valence electrons. The first-order valence-electron chi connectivity index (χ1n) is 8.13. The van der Waals surface area contributed by atoms with Gasteiger partial charge in [0.2, 0.25) is 9.70 Å². The van der Waals surface area contributed by atoms with Crippen LogP contribution in [0.15, 0.2) is 48.5 Å². The molecule has 1 unspecified atom stereocenters. The second-order valence-corrected chi connectivity index (χ2v) is 9.03. The van der Waals surface area contributed by atoms with E-state index in [4.69, 9.17) is 58.6 Å². The number of alkyl halides is 3. The highest BCUT2D eigenvalue weighted by molar-refractivity contribution is 7.80. The average Bonchev–Trinajstić information content (AvgIpc) is 2.62. The molecule has 1 atom stereocenters. The summed E-state index contributed by atoms with van der Waals surface area (Å²) in [5.41, 5.74) is 1.60. The van der Waals surface area contributed by atoms with Crippen molar-refractivity contribution in [3.63, 3.8) is 0 Å². The van der Waals surface area contributed by atoms with Crippen LogP contribution >= 0.6 is 58.6 Å². The molecule has 2 amide bonds. The van der Waals surface area contributed by atoms with Crippen LogP contribution < -0.4 is 21.3 Å². The van der Waals surface area contributed by atoms with Crippen LogP contribution in [0.3, 0.4) is 0 Å². The number of benzene rings is 2. The molecule has 0 saturated heterocycles. The monoisotopic (exact) mass is 492 g/mol. The molecule has 0 fully saturated rings. The van der Waals surface area contributed by atoms with Crippen molar-refractivity contribution in [2.45, 2.75) is 16.9 Å². The fourth-order valence-corrected chi connectivity index (χ4v) is 2.84. The summed E-state index contributed by atoms with van der Waals surface area (Å²) in [6, 6.07) is 13.0. The lowest BCUT2D eigenvalue weighted by atomic mass is 10.2. The van der Waals surface area contributed by atoms with Crippen LogP contribution in [0.4, 0.5) is 11.4 Å². The van der Waals surface area contributed by atoms with E-state index in [1.165, 1.54) is 6.92 Å². The number of anilines is 2. The van der Waals surface area contributed by atoms with Gasteiger partial charge in [0.05, 0.1) is 0 Å². The number of rotatable bonds is 5. The van der Waals surface area contributed by atoms with Crippen molar-refractivity contribution >= 4 is 86.9 Å². The number of amides is 2. The topological polar surface area (TPSA) is 82.3 Å². The van der Waals surface area contributed by atoms with Crippen molar-refractivity contribution in [3.8, 4) is 0 Å². The molecule has 0 aliphatic rings. The number of carbonyl (C=O) groups excluding carboxylic acids is 2. The van der Waals surface area contributed by atoms with E-state index in [-0.39, 0.29) is 11.0 Å². The zero-order valence-corrected chi connectivity index (χ0v) is 18.8. The van der Waals surface area contributed by atoms with E-state index < -0.39 is 15.9 Å². The lowest BCUT2D eigenvalue weighted by Crippen LogP contribution is -2.56. The Morgan fingerprint density at radius 1 is 0.897 bits per heavy atom.